The van der Waals surface area contributed by atoms with Gasteiger partial charge in [0.05, 0.1) is 4.92 Å². The van der Waals surface area contributed by atoms with Crippen molar-refractivity contribution >= 4 is 17.6 Å². The van der Waals surface area contributed by atoms with E-state index in [4.69, 9.17) is 0 Å². The number of nitro benzene ring substituents is 1. The molecule has 18 heavy (non-hydrogen) atoms. The van der Waals surface area contributed by atoms with Crippen molar-refractivity contribution in [3.05, 3.63) is 39.9 Å². The van der Waals surface area contributed by atoms with Crippen molar-refractivity contribution in [2.75, 3.05) is 0 Å². The first kappa shape index (κ1) is 12.0. The van der Waals surface area contributed by atoms with Gasteiger partial charge in [-0.15, -0.1) is 0 Å². The molecular weight excluding hydrogens is 238 g/mol. The van der Waals surface area contributed by atoms with E-state index in [-0.39, 0.29) is 12.1 Å². The fourth-order valence-corrected chi connectivity index (χ4v) is 1.89. The number of nitro groups is 1. The van der Waals surface area contributed by atoms with E-state index in [0.29, 0.717) is 5.56 Å². The predicted octanol–water partition coefficient (Wildman–Crippen LogP) is 0.735. The highest BCUT2D eigenvalue weighted by atomic mass is 16.6. The molecule has 94 valence electrons. The summed E-state index contributed by atoms with van der Waals surface area (Å²) in [7, 11) is 0. The van der Waals surface area contributed by atoms with E-state index in [9.17, 15) is 19.7 Å². The molecule has 1 aliphatic heterocycles. The van der Waals surface area contributed by atoms with E-state index in [2.05, 4.69) is 10.6 Å². The molecule has 0 bridgehead atoms. The number of rotatable bonds is 3. The summed E-state index contributed by atoms with van der Waals surface area (Å²) in [6, 6.07) is 5.44. The zero-order valence-electron chi connectivity index (χ0n) is 9.60. The molecule has 2 rings (SSSR count). The van der Waals surface area contributed by atoms with Gasteiger partial charge in [0.15, 0.2) is 0 Å². The predicted molar refractivity (Wildman–Crippen MR) is 61.9 cm³/mol. The summed E-state index contributed by atoms with van der Waals surface area (Å²) >= 11 is 0. The van der Waals surface area contributed by atoms with Gasteiger partial charge in [0.1, 0.15) is 5.54 Å². The van der Waals surface area contributed by atoms with Gasteiger partial charge in [0, 0.05) is 18.6 Å². The minimum atomic E-state index is -1.06. The number of nitrogens with zero attached hydrogens (tertiary/aromatic N) is 1. The second-order valence-corrected chi connectivity index (χ2v) is 4.34. The first-order valence-electron chi connectivity index (χ1n) is 5.28. The topological polar surface area (TPSA) is 101 Å². The monoisotopic (exact) mass is 249 g/mol. The van der Waals surface area contributed by atoms with Gasteiger partial charge in [-0.2, -0.15) is 0 Å². The third-order valence-corrected chi connectivity index (χ3v) is 2.80. The molecule has 7 nitrogen and oxygen atoms in total. The smallest absolute Gasteiger partial charge is 0.322 e. The number of imide groups is 1. The lowest BCUT2D eigenvalue weighted by Gasteiger charge is -2.20. The largest absolute Gasteiger partial charge is 0.323 e. The van der Waals surface area contributed by atoms with Crippen molar-refractivity contribution in [3.63, 3.8) is 0 Å². The third kappa shape index (κ3) is 2.15. The van der Waals surface area contributed by atoms with Crippen molar-refractivity contribution in [1.29, 1.82) is 0 Å². The summed E-state index contributed by atoms with van der Waals surface area (Å²) in [5.41, 5.74) is -0.489. The van der Waals surface area contributed by atoms with Crippen LogP contribution in [-0.2, 0) is 11.2 Å². The SMILES string of the molecule is CC1(Cc2cccc([N+](=O)[O-])c2)NC(=O)NC1=O. The molecule has 1 aliphatic rings. The highest BCUT2D eigenvalue weighted by Gasteiger charge is 2.41. The lowest BCUT2D eigenvalue weighted by molar-refractivity contribution is -0.384. The molecule has 0 radical (unpaired) electrons. The molecular formula is C11H11N3O4. The standard InChI is InChI=1S/C11H11N3O4/c1-11(9(15)12-10(16)13-11)6-7-3-2-4-8(5-7)14(17)18/h2-5H,6H2,1H3,(H2,12,13,15,16). The molecule has 0 saturated carbocycles. The van der Waals surface area contributed by atoms with Gasteiger partial charge < -0.3 is 5.32 Å². The summed E-state index contributed by atoms with van der Waals surface area (Å²) in [4.78, 5) is 32.8. The average Bonchev–Trinajstić information content (AvgIpc) is 2.52. The molecule has 1 aromatic rings. The van der Waals surface area contributed by atoms with Gasteiger partial charge in [-0.05, 0) is 12.5 Å². The number of benzene rings is 1. The number of carbonyl (C=O) groups is 2. The number of non-ortho nitro benzene ring substituents is 1. The lowest BCUT2D eigenvalue weighted by atomic mass is 9.93. The van der Waals surface area contributed by atoms with Crippen LogP contribution in [0.1, 0.15) is 12.5 Å². The fraction of sp³-hybridized carbons (Fsp3) is 0.273. The zero-order chi connectivity index (χ0) is 13.3. The van der Waals surface area contributed by atoms with E-state index in [1.54, 1.807) is 19.1 Å². The summed E-state index contributed by atoms with van der Waals surface area (Å²) in [5, 5.41) is 15.3. The van der Waals surface area contributed by atoms with E-state index in [1.165, 1.54) is 12.1 Å². The molecule has 1 atom stereocenters. The van der Waals surface area contributed by atoms with Crippen LogP contribution >= 0.6 is 0 Å². The molecule has 1 aromatic carbocycles. The first-order chi connectivity index (χ1) is 8.40. The summed E-state index contributed by atoms with van der Waals surface area (Å²) in [5.74, 6) is -0.431. The van der Waals surface area contributed by atoms with Crippen molar-refractivity contribution in [2.24, 2.45) is 0 Å². The fourth-order valence-electron chi connectivity index (χ4n) is 1.89. The van der Waals surface area contributed by atoms with Crippen LogP contribution in [-0.4, -0.2) is 22.4 Å². The molecule has 0 aliphatic carbocycles. The first-order valence-corrected chi connectivity index (χ1v) is 5.28. The van der Waals surface area contributed by atoms with Crippen molar-refractivity contribution in [1.82, 2.24) is 10.6 Å². The Morgan fingerprint density at radius 2 is 2.11 bits per heavy atom. The highest BCUT2D eigenvalue weighted by Crippen LogP contribution is 2.20. The average molecular weight is 249 g/mol. The Morgan fingerprint density at radius 3 is 2.67 bits per heavy atom. The van der Waals surface area contributed by atoms with E-state index >= 15 is 0 Å². The maximum Gasteiger partial charge on any atom is 0.322 e. The van der Waals surface area contributed by atoms with Crippen LogP contribution in [0.4, 0.5) is 10.5 Å². The van der Waals surface area contributed by atoms with Crippen LogP contribution in [0.3, 0.4) is 0 Å². The van der Waals surface area contributed by atoms with E-state index in [0.717, 1.165) is 0 Å². The normalized spacial score (nSPS) is 22.5. The summed E-state index contributed by atoms with van der Waals surface area (Å²) in [6.45, 7) is 1.58. The molecule has 0 spiro atoms. The minimum Gasteiger partial charge on any atom is -0.323 e. The van der Waals surface area contributed by atoms with Crippen LogP contribution in [0.5, 0.6) is 0 Å². The van der Waals surface area contributed by atoms with Crippen LogP contribution in [0.2, 0.25) is 0 Å². The minimum absolute atomic E-state index is 0.0409. The van der Waals surface area contributed by atoms with Crippen molar-refractivity contribution < 1.29 is 14.5 Å². The second kappa shape index (κ2) is 4.10. The molecule has 7 heteroatoms. The molecule has 1 heterocycles. The van der Waals surface area contributed by atoms with Crippen LogP contribution in [0.15, 0.2) is 24.3 Å². The number of nitrogens with one attached hydrogen (secondary N) is 2. The van der Waals surface area contributed by atoms with Crippen molar-refractivity contribution in [2.45, 2.75) is 18.9 Å². The van der Waals surface area contributed by atoms with E-state index in [1.807, 2.05) is 0 Å². The molecule has 2 N–H and O–H groups in total. The number of carbonyl (C=O) groups excluding carboxylic acids is 2. The van der Waals surface area contributed by atoms with Gasteiger partial charge in [0.2, 0.25) is 0 Å². The molecule has 1 unspecified atom stereocenters. The van der Waals surface area contributed by atoms with E-state index < -0.39 is 22.4 Å². The Bertz CT molecular complexity index is 543. The number of urea groups is 1. The second-order valence-electron chi connectivity index (χ2n) is 4.34. The Balaban J connectivity index is 2.24. The van der Waals surface area contributed by atoms with Gasteiger partial charge >= 0.3 is 6.03 Å². The lowest BCUT2D eigenvalue weighted by Crippen LogP contribution is -2.45. The Hall–Kier alpha value is -2.44. The Morgan fingerprint density at radius 1 is 1.39 bits per heavy atom. The molecule has 1 saturated heterocycles. The summed E-state index contributed by atoms with van der Waals surface area (Å²) in [6.07, 6.45) is 0.201. The van der Waals surface area contributed by atoms with Gasteiger partial charge in [-0.1, -0.05) is 12.1 Å². The van der Waals surface area contributed by atoms with Gasteiger partial charge in [0.25, 0.3) is 11.6 Å². The number of hydrogen-bond acceptors (Lipinski definition) is 4. The quantitative estimate of drug-likeness (QED) is 0.468. The van der Waals surface area contributed by atoms with Crippen molar-refractivity contribution in [3.8, 4) is 0 Å². The molecule has 0 aromatic heterocycles. The number of amides is 3. The summed E-state index contributed by atoms with van der Waals surface area (Å²) < 4.78 is 0. The van der Waals surface area contributed by atoms with Crippen LogP contribution in [0, 0.1) is 10.1 Å². The molecule has 3 amide bonds. The van der Waals surface area contributed by atoms with Gasteiger partial charge in [-0.3, -0.25) is 20.2 Å². The third-order valence-electron chi connectivity index (χ3n) is 2.80. The number of hydrogen-bond donors (Lipinski definition) is 2. The van der Waals surface area contributed by atoms with Crippen LogP contribution in [0.25, 0.3) is 0 Å². The Kier molecular flexibility index (Phi) is 2.74. The zero-order valence-corrected chi connectivity index (χ0v) is 9.60. The maximum absolute atomic E-state index is 11.6. The maximum atomic E-state index is 11.6. The Labute approximate surface area is 102 Å². The highest BCUT2D eigenvalue weighted by molar-refractivity contribution is 6.06. The molecule has 1 fully saturated rings. The van der Waals surface area contributed by atoms with Gasteiger partial charge in [-0.25, -0.2) is 4.79 Å². The van der Waals surface area contributed by atoms with Crippen LogP contribution < -0.4 is 10.6 Å².